The van der Waals surface area contributed by atoms with E-state index in [1.165, 1.54) is 19.3 Å². The smallest absolute Gasteiger partial charge is 0.132 e. The topological polar surface area (TPSA) is 33.6 Å². The van der Waals surface area contributed by atoms with Gasteiger partial charge in [0.15, 0.2) is 0 Å². The first-order chi connectivity index (χ1) is 7.74. The highest BCUT2D eigenvalue weighted by Gasteiger charge is 2.12. The summed E-state index contributed by atoms with van der Waals surface area (Å²) >= 11 is 0. The second-order valence-electron chi connectivity index (χ2n) is 4.45. The first-order valence-corrected chi connectivity index (χ1v) is 6.10. The van der Waals surface area contributed by atoms with Gasteiger partial charge in [0, 0.05) is 12.0 Å². The highest BCUT2D eigenvalue weighted by Crippen LogP contribution is 2.07. The predicted octanol–water partition coefficient (Wildman–Crippen LogP) is 2.18. The quantitative estimate of drug-likeness (QED) is 0.449. The molecule has 0 aromatic rings. The molecule has 3 heteroatoms. The van der Waals surface area contributed by atoms with Gasteiger partial charge in [-0.2, -0.15) is 0 Å². The lowest BCUT2D eigenvalue weighted by Crippen LogP contribution is -2.37. The van der Waals surface area contributed by atoms with Crippen molar-refractivity contribution in [2.75, 3.05) is 13.2 Å². The monoisotopic (exact) mass is 222 g/mol. The molecule has 0 aliphatic carbocycles. The van der Waals surface area contributed by atoms with E-state index in [0.29, 0.717) is 18.6 Å². The van der Waals surface area contributed by atoms with Gasteiger partial charge in [-0.15, -0.1) is 0 Å². The fourth-order valence-electron chi connectivity index (χ4n) is 1.66. The maximum absolute atomic E-state index is 5.37. The molecular formula is C13H22N2O. The van der Waals surface area contributed by atoms with Crippen LogP contribution in [0.2, 0.25) is 0 Å². The summed E-state index contributed by atoms with van der Waals surface area (Å²) in [5, 5.41) is 7.53. The summed E-state index contributed by atoms with van der Waals surface area (Å²) in [5.41, 5.74) is 0.832. The average molecular weight is 222 g/mol. The molecule has 0 radical (unpaired) electrons. The van der Waals surface area contributed by atoms with E-state index < -0.39 is 0 Å². The third-order valence-corrected chi connectivity index (χ3v) is 2.65. The Morgan fingerprint density at radius 3 is 2.88 bits per heavy atom. The van der Waals surface area contributed by atoms with Crippen molar-refractivity contribution in [2.45, 2.75) is 46.1 Å². The van der Waals surface area contributed by atoms with Crippen molar-refractivity contribution in [2.24, 2.45) is 11.1 Å². The van der Waals surface area contributed by atoms with E-state index in [2.05, 4.69) is 36.2 Å². The third kappa shape index (κ3) is 4.67. The molecule has 1 fully saturated rings. The second kappa shape index (κ2) is 7.29. The van der Waals surface area contributed by atoms with Gasteiger partial charge < -0.3 is 10.2 Å². The lowest BCUT2D eigenvalue weighted by atomic mass is 10.1. The third-order valence-electron chi connectivity index (χ3n) is 2.65. The molecule has 3 nitrogen and oxygen atoms in total. The first kappa shape index (κ1) is 13.1. The Morgan fingerprint density at radius 2 is 2.31 bits per heavy atom. The molecule has 16 heavy (non-hydrogen) atoms. The fraction of sp³-hybridized carbons (Fsp3) is 0.769. The molecule has 1 heterocycles. The van der Waals surface area contributed by atoms with E-state index in [0.717, 1.165) is 12.3 Å². The molecule has 1 rings (SSSR count). The molecule has 1 atom stereocenters. The number of hydrogen-bond acceptors (Lipinski definition) is 3. The number of oxime groups is 1. The second-order valence-corrected chi connectivity index (χ2v) is 4.45. The van der Waals surface area contributed by atoms with Crippen LogP contribution in [-0.2, 0) is 4.84 Å². The zero-order valence-corrected chi connectivity index (χ0v) is 10.5. The molecule has 1 saturated heterocycles. The van der Waals surface area contributed by atoms with Crippen LogP contribution in [-0.4, -0.2) is 24.9 Å². The fourth-order valence-corrected chi connectivity index (χ4v) is 1.66. The van der Waals surface area contributed by atoms with E-state index in [4.69, 9.17) is 4.84 Å². The van der Waals surface area contributed by atoms with E-state index in [9.17, 15) is 0 Å². The van der Waals surface area contributed by atoms with Gasteiger partial charge >= 0.3 is 0 Å². The van der Waals surface area contributed by atoms with Crippen LogP contribution in [0.25, 0.3) is 0 Å². The van der Waals surface area contributed by atoms with E-state index in [1.54, 1.807) is 0 Å². The zero-order chi connectivity index (χ0) is 11.8. The molecule has 1 aliphatic rings. The molecule has 0 unspecified atom stereocenters. The van der Waals surface area contributed by atoms with Gasteiger partial charge in [0.1, 0.15) is 12.3 Å². The Labute approximate surface area is 98.6 Å². The van der Waals surface area contributed by atoms with Crippen molar-refractivity contribution in [3.05, 3.63) is 0 Å². The maximum atomic E-state index is 5.37. The molecule has 0 aromatic carbocycles. The minimum absolute atomic E-state index is 0.326. The predicted molar refractivity (Wildman–Crippen MR) is 67.3 cm³/mol. The van der Waals surface area contributed by atoms with Gasteiger partial charge in [0.2, 0.25) is 0 Å². The van der Waals surface area contributed by atoms with Crippen LogP contribution in [0.4, 0.5) is 0 Å². The lowest BCUT2D eigenvalue weighted by molar-refractivity contribution is 0.110. The van der Waals surface area contributed by atoms with Crippen molar-refractivity contribution in [1.82, 2.24) is 5.32 Å². The summed E-state index contributed by atoms with van der Waals surface area (Å²) in [7, 11) is 0. The van der Waals surface area contributed by atoms with E-state index >= 15 is 0 Å². The SMILES string of the molecule is CC#C/C(=N\OC[C@H]1CCCCN1)C(C)C. The minimum Gasteiger partial charge on any atom is -0.393 e. The van der Waals surface area contributed by atoms with Crippen molar-refractivity contribution < 1.29 is 4.84 Å². The van der Waals surface area contributed by atoms with Crippen LogP contribution in [0, 0.1) is 17.8 Å². The van der Waals surface area contributed by atoms with Crippen molar-refractivity contribution in [3.63, 3.8) is 0 Å². The molecule has 0 aromatic heterocycles. The summed E-state index contributed by atoms with van der Waals surface area (Å²) in [5.74, 6) is 6.16. The number of rotatable bonds is 4. The van der Waals surface area contributed by atoms with Crippen LogP contribution in [0.5, 0.6) is 0 Å². The Balaban J connectivity index is 2.34. The molecule has 0 amide bonds. The van der Waals surface area contributed by atoms with Gasteiger partial charge in [-0.25, -0.2) is 0 Å². The lowest BCUT2D eigenvalue weighted by Gasteiger charge is -2.21. The number of nitrogens with zero attached hydrogens (tertiary/aromatic N) is 1. The number of nitrogens with one attached hydrogen (secondary N) is 1. The van der Waals surface area contributed by atoms with Gasteiger partial charge in [0.25, 0.3) is 0 Å². The molecule has 0 saturated carbocycles. The van der Waals surface area contributed by atoms with Crippen LogP contribution in [0.1, 0.15) is 40.0 Å². The van der Waals surface area contributed by atoms with E-state index in [-0.39, 0.29) is 0 Å². The maximum Gasteiger partial charge on any atom is 0.132 e. The summed E-state index contributed by atoms with van der Waals surface area (Å²) in [6.07, 6.45) is 3.75. The van der Waals surface area contributed by atoms with Crippen LogP contribution in [0.3, 0.4) is 0 Å². The van der Waals surface area contributed by atoms with Crippen molar-refractivity contribution in [3.8, 4) is 11.8 Å². The molecule has 1 aliphatic heterocycles. The highest BCUT2D eigenvalue weighted by molar-refractivity contribution is 6.01. The summed E-state index contributed by atoms with van der Waals surface area (Å²) in [6, 6.07) is 0.459. The first-order valence-electron chi connectivity index (χ1n) is 6.10. The summed E-state index contributed by atoms with van der Waals surface area (Å²) in [6.45, 7) is 7.72. The summed E-state index contributed by atoms with van der Waals surface area (Å²) in [4.78, 5) is 5.37. The van der Waals surface area contributed by atoms with Crippen molar-refractivity contribution in [1.29, 1.82) is 0 Å². The average Bonchev–Trinajstić information content (AvgIpc) is 2.29. The van der Waals surface area contributed by atoms with Gasteiger partial charge in [-0.05, 0) is 32.2 Å². The van der Waals surface area contributed by atoms with Crippen molar-refractivity contribution >= 4 is 5.71 Å². The Bertz CT molecular complexity index is 280. The molecule has 1 N–H and O–H groups in total. The molecular weight excluding hydrogens is 200 g/mol. The van der Waals surface area contributed by atoms with Crippen LogP contribution in [0.15, 0.2) is 5.16 Å². The van der Waals surface area contributed by atoms with Gasteiger partial charge in [-0.1, -0.05) is 31.3 Å². The summed E-state index contributed by atoms with van der Waals surface area (Å²) < 4.78 is 0. The van der Waals surface area contributed by atoms with Gasteiger partial charge in [0.05, 0.1) is 0 Å². The van der Waals surface area contributed by atoms with Gasteiger partial charge in [-0.3, -0.25) is 0 Å². The van der Waals surface area contributed by atoms with Crippen LogP contribution >= 0.6 is 0 Å². The highest BCUT2D eigenvalue weighted by atomic mass is 16.6. The Kier molecular flexibility index (Phi) is 5.95. The minimum atomic E-state index is 0.326. The molecule has 90 valence electrons. The Hall–Kier alpha value is -1.01. The largest absolute Gasteiger partial charge is 0.393 e. The molecule has 0 bridgehead atoms. The standard InChI is InChI=1S/C13H22N2O/c1-4-7-13(11(2)3)15-16-10-12-8-5-6-9-14-12/h11-12,14H,5-6,8-10H2,1-3H3/b15-13+/t12-/m1/s1. The van der Waals surface area contributed by atoms with E-state index in [1.807, 2.05) is 6.92 Å². The number of piperidine rings is 1. The normalized spacial score (nSPS) is 21.5. The molecule has 0 spiro atoms. The number of hydrogen-bond donors (Lipinski definition) is 1. The van der Waals surface area contributed by atoms with Crippen LogP contribution < -0.4 is 5.32 Å². The Morgan fingerprint density at radius 1 is 1.50 bits per heavy atom. The zero-order valence-electron chi connectivity index (χ0n) is 10.5.